The van der Waals surface area contributed by atoms with Gasteiger partial charge in [-0.05, 0) is 25.9 Å². The summed E-state index contributed by atoms with van der Waals surface area (Å²) in [6.45, 7) is 11.3. The molecule has 0 amide bonds. The fraction of sp³-hybridized carbons (Fsp3) is 0.944. The Labute approximate surface area is 132 Å². The number of esters is 1. The zero-order valence-electron chi connectivity index (χ0n) is 14.8. The highest BCUT2D eigenvalue weighted by Gasteiger charge is 2.19. The van der Waals surface area contributed by atoms with Gasteiger partial charge in [0.1, 0.15) is 0 Å². The lowest BCUT2D eigenvalue weighted by Gasteiger charge is -2.28. The molecule has 0 aliphatic heterocycles. The van der Waals surface area contributed by atoms with E-state index in [1.165, 1.54) is 32.1 Å². The fourth-order valence-corrected chi connectivity index (χ4v) is 2.81. The molecule has 21 heavy (non-hydrogen) atoms. The average molecular weight is 299 g/mol. The van der Waals surface area contributed by atoms with E-state index >= 15 is 0 Å². The lowest BCUT2D eigenvalue weighted by atomic mass is 10.1. The standard InChI is InChI=1S/C18H37NO2/c1-5-9-10-11-12-13-15-21-18(20)16-17(14-6-2)19(7-3)8-4/h17H,5-16H2,1-4H3. The van der Waals surface area contributed by atoms with Crippen LogP contribution in [0.2, 0.25) is 0 Å². The fourth-order valence-electron chi connectivity index (χ4n) is 2.81. The maximum absolute atomic E-state index is 12.0. The topological polar surface area (TPSA) is 29.5 Å². The maximum atomic E-state index is 12.0. The minimum absolute atomic E-state index is 0.0195. The van der Waals surface area contributed by atoms with Crippen LogP contribution < -0.4 is 0 Å². The van der Waals surface area contributed by atoms with Crippen LogP contribution in [0.1, 0.15) is 85.5 Å². The van der Waals surface area contributed by atoms with E-state index in [0.29, 0.717) is 19.1 Å². The number of nitrogens with zero attached hydrogens (tertiary/aromatic N) is 1. The summed E-state index contributed by atoms with van der Waals surface area (Å²) in [5.41, 5.74) is 0. The Kier molecular flexibility index (Phi) is 14.0. The summed E-state index contributed by atoms with van der Waals surface area (Å²) in [5, 5.41) is 0. The highest BCUT2D eigenvalue weighted by molar-refractivity contribution is 5.70. The van der Waals surface area contributed by atoms with E-state index in [1.807, 2.05) is 0 Å². The number of hydrogen-bond acceptors (Lipinski definition) is 3. The number of ether oxygens (including phenoxy) is 1. The van der Waals surface area contributed by atoms with Gasteiger partial charge < -0.3 is 9.64 Å². The summed E-state index contributed by atoms with van der Waals surface area (Å²) >= 11 is 0. The van der Waals surface area contributed by atoms with Crippen LogP contribution in [0.4, 0.5) is 0 Å². The summed E-state index contributed by atoms with van der Waals surface area (Å²) in [4.78, 5) is 14.3. The van der Waals surface area contributed by atoms with Crippen molar-refractivity contribution < 1.29 is 9.53 Å². The summed E-state index contributed by atoms with van der Waals surface area (Å²) in [6, 6.07) is 0.349. The van der Waals surface area contributed by atoms with Crippen molar-refractivity contribution in [2.75, 3.05) is 19.7 Å². The van der Waals surface area contributed by atoms with Gasteiger partial charge in [0.15, 0.2) is 0 Å². The molecular weight excluding hydrogens is 262 g/mol. The van der Waals surface area contributed by atoms with E-state index in [2.05, 4.69) is 32.6 Å². The molecule has 0 aromatic heterocycles. The first kappa shape index (κ1) is 20.4. The van der Waals surface area contributed by atoms with Gasteiger partial charge in [-0.2, -0.15) is 0 Å². The minimum Gasteiger partial charge on any atom is -0.466 e. The SMILES string of the molecule is CCCCCCCCOC(=O)CC(CCC)N(CC)CC. The molecule has 1 unspecified atom stereocenters. The Morgan fingerprint density at radius 1 is 0.905 bits per heavy atom. The molecule has 0 fully saturated rings. The minimum atomic E-state index is -0.0195. The third kappa shape index (κ3) is 10.8. The normalized spacial score (nSPS) is 12.6. The molecular formula is C18H37NO2. The van der Waals surface area contributed by atoms with E-state index in [9.17, 15) is 4.79 Å². The van der Waals surface area contributed by atoms with Crippen molar-refractivity contribution in [3.63, 3.8) is 0 Å². The Hall–Kier alpha value is -0.570. The van der Waals surface area contributed by atoms with Gasteiger partial charge in [0.25, 0.3) is 0 Å². The number of hydrogen-bond donors (Lipinski definition) is 0. The van der Waals surface area contributed by atoms with E-state index in [4.69, 9.17) is 4.74 Å². The molecule has 0 N–H and O–H groups in total. The quantitative estimate of drug-likeness (QED) is 0.341. The van der Waals surface area contributed by atoms with Crippen molar-refractivity contribution in [1.82, 2.24) is 4.90 Å². The lowest BCUT2D eigenvalue weighted by molar-refractivity contribution is -0.145. The molecule has 0 saturated carbocycles. The van der Waals surface area contributed by atoms with Crippen LogP contribution in [-0.2, 0) is 9.53 Å². The number of unbranched alkanes of at least 4 members (excludes halogenated alkanes) is 5. The molecule has 1 atom stereocenters. The van der Waals surface area contributed by atoms with Crippen molar-refractivity contribution in [2.24, 2.45) is 0 Å². The van der Waals surface area contributed by atoms with Crippen molar-refractivity contribution in [2.45, 2.75) is 91.5 Å². The van der Waals surface area contributed by atoms with E-state index < -0.39 is 0 Å². The molecule has 3 heteroatoms. The average Bonchev–Trinajstić information content (AvgIpc) is 2.47. The molecule has 0 saturated heterocycles. The van der Waals surface area contributed by atoms with Crippen LogP contribution in [0.25, 0.3) is 0 Å². The first-order valence-corrected chi connectivity index (χ1v) is 9.09. The monoisotopic (exact) mass is 299 g/mol. The molecule has 0 aromatic carbocycles. The van der Waals surface area contributed by atoms with E-state index in [1.54, 1.807) is 0 Å². The van der Waals surface area contributed by atoms with Gasteiger partial charge in [0, 0.05) is 6.04 Å². The third-order valence-electron chi connectivity index (χ3n) is 4.11. The van der Waals surface area contributed by atoms with E-state index in [-0.39, 0.29) is 5.97 Å². The summed E-state index contributed by atoms with van der Waals surface area (Å²) in [5.74, 6) is -0.0195. The third-order valence-corrected chi connectivity index (χ3v) is 4.11. The van der Waals surface area contributed by atoms with Crippen LogP contribution in [-0.4, -0.2) is 36.6 Å². The van der Waals surface area contributed by atoms with Crippen molar-refractivity contribution in [1.29, 1.82) is 0 Å². The molecule has 0 heterocycles. The Bertz CT molecular complexity index is 239. The van der Waals surface area contributed by atoms with Crippen LogP contribution in [0.3, 0.4) is 0 Å². The summed E-state index contributed by atoms with van der Waals surface area (Å²) in [6.07, 6.45) is 10.1. The Balaban J connectivity index is 3.82. The predicted molar refractivity (Wildman–Crippen MR) is 90.6 cm³/mol. The maximum Gasteiger partial charge on any atom is 0.307 e. The zero-order valence-corrected chi connectivity index (χ0v) is 14.8. The van der Waals surface area contributed by atoms with Gasteiger partial charge in [-0.3, -0.25) is 4.79 Å². The van der Waals surface area contributed by atoms with Gasteiger partial charge in [-0.1, -0.05) is 66.2 Å². The number of carbonyl (C=O) groups is 1. The molecule has 0 aliphatic rings. The summed E-state index contributed by atoms with van der Waals surface area (Å²) < 4.78 is 5.40. The first-order valence-electron chi connectivity index (χ1n) is 9.09. The molecule has 0 spiro atoms. The van der Waals surface area contributed by atoms with Crippen molar-refractivity contribution in [3.8, 4) is 0 Å². The van der Waals surface area contributed by atoms with Crippen molar-refractivity contribution >= 4 is 5.97 Å². The first-order chi connectivity index (χ1) is 10.2. The largest absolute Gasteiger partial charge is 0.466 e. The van der Waals surface area contributed by atoms with Crippen LogP contribution in [0.5, 0.6) is 0 Å². The van der Waals surface area contributed by atoms with Crippen molar-refractivity contribution in [3.05, 3.63) is 0 Å². The molecule has 0 rings (SSSR count). The number of rotatable bonds is 14. The van der Waals surface area contributed by atoms with Crippen LogP contribution in [0.15, 0.2) is 0 Å². The van der Waals surface area contributed by atoms with Gasteiger partial charge in [-0.15, -0.1) is 0 Å². The molecule has 3 nitrogen and oxygen atoms in total. The van der Waals surface area contributed by atoms with Gasteiger partial charge in [0.05, 0.1) is 13.0 Å². The molecule has 0 aliphatic carbocycles. The number of carbonyl (C=O) groups excluding carboxylic acids is 1. The second kappa shape index (κ2) is 14.4. The van der Waals surface area contributed by atoms with Crippen LogP contribution >= 0.6 is 0 Å². The Morgan fingerprint density at radius 2 is 1.52 bits per heavy atom. The zero-order chi connectivity index (χ0) is 15.9. The smallest absolute Gasteiger partial charge is 0.307 e. The molecule has 0 aromatic rings. The molecule has 0 bridgehead atoms. The van der Waals surface area contributed by atoms with Crippen LogP contribution in [0, 0.1) is 0 Å². The second-order valence-corrected chi connectivity index (χ2v) is 5.86. The van der Waals surface area contributed by atoms with E-state index in [0.717, 1.165) is 32.4 Å². The van der Waals surface area contributed by atoms with Gasteiger partial charge >= 0.3 is 5.97 Å². The molecule has 126 valence electrons. The van der Waals surface area contributed by atoms with Gasteiger partial charge in [0.2, 0.25) is 0 Å². The second-order valence-electron chi connectivity index (χ2n) is 5.86. The predicted octanol–water partition coefficient (Wildman–Crippen LogP) is 4.79. The van der Waals surface area contributed by atoms with Gasteiger partial charge in [-0.25, -0.2) is 0 Å². The summed E-state index contributed by atoms with van der Waals surface area (Å²) in [7, 11) is 0. The lowest BCUT2D eigenvalue weighted by Crippen LogP contribution is -2.37. The Morgan fingerprint density at radius 3 is 2.10 bits per heavy atom. The molecule has 0 radical (unpaired) electrons. The highest BCUT2D eigenvalue weighted by atomic mass is 16.5. The highest BCUT2D eigenvalue weighted by Crippen LogP contribution is 2.12.